The molecule has 4 atom stereocenters. The summed E-state index contributed by atoms with van der Waals surface area (Å²) in [5.41, 5.74) is 0. The Bertz CT molecular complexity index is 1070. The van der Waals surface area contributed by atoms with E-state index >= 15 is 0 Å². The first-order valence-electron chi connectivity index (χ1n) is 18.9. The SMILES string of the molecule is CCCCCC(=O)/C=C/C=C\C/C=C\C/C=C\CCCC(=O)OC[C@H](COP(=O)(O)OC[C@@H](O)CO)OC(=O)CCCCCCCCC(C)CC. The predicted octanol–water partition coefficient (Wildman–Crippen LogP) is 8.42. The molecule has 0 aliphatic heterocycles. The van der Waals surface area contributed by atoms with E-state index in [0.717, 1.165) is 57.3 Å². The molecule has 11 nitrogen and oxygen atoms in total. The summed E-state index contributed by atoms with van der Waals surface area (Å²) >= 11 is 0. The van der Waals surface area contributed by atoms with Gasteiger partial charge in [-0.25, -0.2) is 4.57 Å². The number of carbonyl (C=O) groups excluding carboxylic acids is 3. The van der Waals surface area contributed by atoms with Crippen molar-refractivity contribution < 1.29 is 52.6 Å². The molecular weight excluding hydrogens is 675 g/mol. The van der Waals surface area contributed by atoms with Crippen molar-refractivity contribution in [3.63, 3.8) is 0 Å². The fourth-order valence-corrected chi connectivity index (χ4v) is 5.41. The second-order valence-corrected chi connectivity index (χ2v) is 14.3. The maximum atomic E-state index is 12.5. The number of hydrogen-bond acceptors (Lipinski definition) is 10. The molecular formula is C39H67O11P. The number of phosphoric acid groups is 1. The highest BCUT2D eigenvalue weighted by molar-refractivity contribution is 7.47. The fraction of sp³-hybridized carbons (Fsp3) is 0.718. The van der Waals surface area contributed by atoms with Crippen LogP contribution < -0.4 is 0 Å². The summed E-state index contributed by atoms with van der Waals surface area (Å²) < 4.78 is 32.4. The van der Waals surface area contributed by atoms with Gasteiger partial charge in [-0.1, -0.05) is 121 Å². The van der Waals surface area contributed by atoms with Crippen molar-refractivity contribution in [2.45, 2.75) is 149 Å². The molecule has 0 aromatic carbocycles. The fourth-order valence-electron chi connectivity index (χ4n) is 4.62. The summed E-state index contributed by atoms with van der Waals surface area (Å²) in [4.78, 5) is 46.4. The van der Waals surface area contributed by atoms with Gasteiger partial charge in [0.25, 0.3) is 0 Å². The zero-order chi connectivity index (χ0) is 38.0. The quantitative estimate of drug-likeness (QED) is 0.0145. The Labute approximate surface area is 307 Å². The molecule has 0 rings (SSSR count). The summed E-state index contributed by atoms with van der Waals surface area (Å²) in [5, 5.41) is 18.2. The van der Waals surface area contributed by atoms with E-state index in [9.17, 15) is 28.9 Å². The maximum Gasteiger partial charge on any atom is 0.472 e. The highest BCUT2D eigenvalue weighted by Gasteiger charge is 2.27. The first-order valence-corrected chi connectivity index (χ1v) is 20.4. The average molecular weight is 743 g/mol. The molecule has 0 spiro atoms. The maximum absolute atomic E-state index is 12.5. The number of esters is 2. The minimum Gasteiger partial charge on any atom is -0.462 e. The Kier molecular flexibility index (Phi) is 31.9. The largest absolute Gasteiger partial charge is 0.472 e. The van der Waals surface area contributed by atoms with Gasteiger partial charge in [-0.05, 0) is 50.5 Å². The molecule has 0 fully saturated rings. The number of unbranched alkanes of at least 4 members (excludes halogenated alkanes) is 8. The number of rotatable bonds is 34. The van der Waals surface area contributed by atoms with E-state index in [-0.39, 0.29) is 25.2 Å². The van der Waals surface area contributed by atoms with Crippen molar-refractivity contribution in [3.05, 3.63) is 48.6 Å². The van der Waals surface area contributed by atoms with E-state index in [1.807, 2.05) is 36.5 Å². The third-order valence-corrected chi connectivity index (χ3v) is 8.95. The van der Waals surface area contributed by atoms with Crippen molar-refractivity contribution in [1.82, 2.24) is 0 Å². The summed E-state index contributed by atoms with van der Waals surface area (Å²) in [6.45, 7) is 4.36. The van der Waals surface area contributed by atoms with Crippen LogP contribution in [0, 0.1) is 5.92 Å². The number of carbonyl (C=O) groups is 3. The molecule has 0 amide bonds. The zero-order valence-electron chi connectivity index (χ0n) is 31.5. The Morgan fingerprint density at radius 2 is 1.35 bits per heavy atom. The van der Waals surface area contributed by atoms with Crippen molar-refractivity contribution in [2.75, 3.05) is 26.4 Å². The molecule has 294 valence electrons. The molecule has 3 N–H and O–H groups in total. The molecule has 0 radical (unpaired) electrons. The van der Waals surface area contributed by atoms with Gasteiger partial charge >= 0.3 is 19.8 Å². The lowest BCUT2D eigenvalue weighted by Crippen LogP contribution is -2.29. The van der Waals surface area contributed by atoms with Gasteiger partial charge in [0.2, 0.25) is 0 Å². The standard InChI is InChI=1S/C39H67O11P/c1-4-6-20-26-35(41)27-22-17-12-10-8-7-9-11-13-18-23-28-38(43)47-32-37(33-49-51(45,46)48-31-36(42)30-40)50-39(44)29-24-19-15-14-16-21-25-34(3)5-2/h7-8,11-13,17,22,27,34,36-37,40,42H,4-6,9-10,14-16,18-21,23-26,28-33H2,1-3H3,(H,45,46)/b8-7-,13-11-,17-12-,27-22+/t34?,36-,37+/m0/s1. The van der Waals surface area contributed by atoms with Gasteiger partial charge in [-0.15, -0.1) is 0 Å². The van der Waals surface area contributed by atoms with Crippen molar-refractivity contribution in [1.29, 1.82) is 0 Å². The van der Waals surface area contributed by atoms with E-state index in [1.165, 1.54) is 25.7 Å². The van der Waals surface area contributed by atoms with E-state index < -0.39 is 51.8 Å². The third-order valence-electron chi connectivity index (χ3n) is 8.00. The summed E-state index contributed by atoms with van der Waals surface area (Å²) in [5.74, 6) is -0.122. The van der Waals surface area contributed by atoms with E-state index in [2.05, 4.69) is 25.3 Å². The molecule has 12 heteroatoms. The molecule has 51 heavy (non-hydrogen) atoms. The lowest BCUT2D eigenvalue weighted by Gasteiger charge is -2.20. The lowest BCUT2D eigenvalue weighted by atomic mass is 10.00. The zero-order valence-corrected chi connectivity index (χ0v) is 32.4. The van der Waals surface area contributed by atoms with Crippen LogP contribution in [0.2, 0.25) is 0 Å². The Balaban J connectivity index is 4.51. The van der Waals surface area contributed by atoms with Gasteiger partial charge in [0.1, 0.15) is 12.7 Å². The van der Waals surface area contributed by atoms with Crippen LogP contribution in [0.4, 0.5) is 0 Å². The number of aliphatic hydroxyl groups excluding tert-OH is 2. The second-order valence-electron chi connectivity index (χ2n) is 12.9. The summed E-state index contributed by atoms with van der Waals surface area (Å²) in [6, 6.07) is 0. The topological polar surface area (TPSA) is 166 Å². The van der Waals surface area contributed by atoms with Crippen LogP contribution in [0.25, 0.3) is 0 Å². The smallest absolute Gasteiger partial charge is 0.462 e. The molecule has 0 saturated heterocycles. The Morgan fingerprint density at radius 1 is 0.725 bits per heavy atom. The van der Waals surface area contributed by atoms with Gasteiger partial charge in [0.05, 0.1) is 19.8 Å². The lowest BCUT2D eigenvalue weighted by molar-refractivity contribution is -0.161. The molecule has 0 aromatic heterocycles. The first-order chi connectivity index (χ1) is 24.5. The summed E-state index contributed by atoms with van der Waals surface area (Å²) in [6.07, 6.45) is 28.1. The number of phosphoric ester groups is 1. The van der Waals surface area contributed by atoms with Crippen LogP contribution in [0.1, 0.15) is 136 Å². The first kappa shape index (κ1) is 48.6. The highest BCUT2D eigenvalue weighted by atomic mass is 31.2. The van der Waals surface area contributed by atoms with Crippen molar-refractivity contribution in [2.24, 2.45) is 5.92 Å². The molecule has 0 aromatic rings. The van der Waals surface area contributed by atoms with Crippen LogP contribution in [-0.4, -0.2) is 71.5 Å². The van der Waals surface area contributed by atoms with Gasteiger partial charge < -0.3 is 24.6 Å². The van der Waals surface area contributed by atoms with E-state index in [0.29, 0.717) is 25.7 Å². The van der Waals surface area contributed by atoms with Gasteiger partial charge in [-0.2, -0.15) is 0 Å². The third kappa shape index (κ3) is 33.2. The molecule has 2 unspecified atom stereocenters. The van der Waals surface area contributed by atoms with Crippen LogP contribution in [0.5, 0.6) is 0 Å². The predicted molar refractivity (Wildman–Crippen MR) is 201 cm³/mol. The molecule has 0 aliphatic rings. The molecule has 0 saturated carbocycles. The number of allylic oxidation sites excluding steroid dienone is 8. The van der Waals surface area contributed by atoms with Crippen LogP contribution in [0.3, 0.4) is 0 Å². The molecule has 0 bridgehead atoms. The monoisotopic (exact) mass is 742 g/mol. The molecule has 0 heterocycles. The van der Waals surface area contributed by atoms with Crippen molar-refractivity contribution >= 4 is 25.5 Å². The van der Waals surface area contributed by atoms with E-state index in [1.54, 1.807) is 12.2 Å². The van der Waals surface area contributed by atoms with Crippen LogP contribution in [-0.2, 0) is 37.5 Å². The Morgan fingerprint density at radius 3 is 2.06 bits per heavy atom. The average Bonchev–Trinajstić information content (AvgIpc) is 3.11. The Hall–Kier alpha value is -2.40. The van der Waals surface area contributed by atoms with Gasteiger partial charge in [-0.3, -0.25) is 23.4 Å². The number of ketones is 1. The molecule has 0 aliphatic carbocycles. The number of hydrogen-bond donors (Lipinski definition) is 3. The number of aliphatic hydroxyl groups is 2. The van der Waals surface area contributed by atoms with Crippen LogP contribution >= 0.6 is 7.82 Å². The van der Waals surface area contributed by atoms with Crippen LogP contribution in [0.15, 0.2) is 48.6 Å². The minimum absolute atomic E-state index is 0.138. The highest BCUT2D eigenvalue weighted by Crippen LogP contribution is 2.43. The van der Waals surface area contributed by atoms with Crippen molar-refractivity contribution in [3.8, 4) is 0 Å². The second kappa shape index (κ2) is 33.4. The van der Waals surface area contributed by atoms with Gasteiger partial charge in [0, 0.05) is 19.3 Å². The minimum atomic E-state index is -4.64. The number of ether oxygens (including phenoxy) is 2. The normalized spacial score (nSPS) is 15.1. The van der Waals surface area contributed by atoms with E-state index in [4.69, 9.17) is 19.1 Å². The van der Waals surface area contributed by atoms with Gasteiger partial charge in [0.15, 0.2) is 11.9 Å². The summed E-state index contributed by atoms with van der Waals surface area (Å²) in [7, 11) is -4.64.